The second-order valence-corrected chi connectivity index (χ2v) is 7.73. The SMILES string of the molecule is CCN(CC)CCOc1ccc(CNC(=O)Cn2nc(C)c3ccccc3c2=O)cc1OC. The molecule has 0 aliphatic carbocycles. The molecule has 33 heavy (non-hydrogen) atoms. The van der Waals surface area contributed by atoms with Crippen molar-refractivity contribution in [2.24, 2.45) is 0 Å². The lowest BCUT2D eigenvalue weighted by Gasteiger charge is -2.19. The van der Waals surface area contributed by atoms with Crippen molar-refractivity contribution in [1.82, 2.24) is 20.0 Å². The van der Waals surface area contributed by atoms with Crippen LogP contribution in [-0.4, -0.2) is 53.9 Å². The largest absolute Gasteiger partial charge is 0.493 e. The lowest BCUT2D eigenvalue weighted by atomic mass is 10.1. The van der Waals surface area contributed by atoms with Crippen LogP contribution >= 0.6 is 0 Å². The second kappa shape index (κ2) is 11.5. The standard InChI is InChI=1S/C25H32N4O4/c1-5-28(6-2)13-14-33-22-12-11-19(15-23(22)32-4)16-26-24(30)17-29-25(31)21-10-8-7-9-20(21)18(3)27-29/h7-12,15H,5-6,13-14,16-17H2,1-4H3,(H,26,30). The number of ether oxygens (including phenoxy) is 2. The molecular formula is C25H32N4O4. The van der Waals surface area contributed by atoms with E-state index in [4.69, 9.17) is 9.47 Å². The lowest BCUT2D eigenvalue weighted by Crippen LogP contribution is -2.33. The number of hydrogen-bond acceptors (Lipinski definition) is 6. The minimum absolute atomic E-state index is 0.145. The number of fused-ring (bicyclic) bond motifs is 1. The molecular weight excluding hydrogens is 420 g/mol. The summed E-state index contributed by atoms with van der Waals surface area (Å²) in [5.74, 6) is 0.990. The van der Waals surface area contributed by atoms with Gasteiger partial charge >= 0.3 is 0 Å². The van der Waals surface area contributed by atoms with Gasteiger partial charge in [-0.15, -0.1) is 0 Å². The number of carbonyl (C=O) groups is 1. The Labute approximate surface area is 194 Å². The average Bonchev–Trinajstić information content (AvgIpc) is 2.84. The number of likely N-dealkylation sites (N-methyl/N-ethyl adjacent to an activating group) is 1. The van der Waals surface area contributed by atoms with Crippen LogP contribution in [0.2, 0.25) is 0 Å². The van der Waals surface area contributed by atoms with Crippen LogP contribution in [0.4, 0.5) is 0 Å². The van der Waals surface area contributed by atoms with Crippen molar-refractivity contribution in [2.45, 2.75) is 33.9 Å². The van der Waals surface area contributed by atoms with E-state index in [1.165, 1.54) is 4.68 Å². The number of aromatic nitrogens is 2. The van der Waals surface area contributed by atoms with E-state index in [-0.39, 0.29) is 18.0 Å². The Morgan fingerprint density at radius 3 is 2.52 bits per heavy atom. The maximum atomic E-state index is 12.7. The Balaban J connectivity index is 1.60. The highest BCUT2D eigenvalue weighted by atomic mass is 16.5. The third-order valence-electron chi connectivity index (χ3n) is 5.62. The average molecular weight is 453 g/mol. The van der Waals surface area contributed by atoms with Gasteiger partial charge in [-0.05, 0) is 43.8 Å². The summed E-state index contributed by atoms with van der Waals surface area (Å²) in [6.45, 7) is 9.61. The van der Waals surface area contributed by atoms with Crippen molar-refractivity contribution < 1.29 is 14.3 Å². The molecule has 1 aromatic heterocycles. The molecule has 1 N–H and O–H groups in total. The van der Waals surface area contributed by atoms with Gasteiger partial charge in [0.15, 0.2) is 11.5 Å². The van der Waals surface area contributed by atoms with Gasteiger partial charge in [0.2, 0.25) is 5.91 Å². The first-order chi connectivity index (χ1) is 16.0. The highest BCUT2D eigenvalue weighted by molar-refractivity contribution is 5.83. The first-order valence-electron chi connectivity index (χ1n) is 11.2. The monoisotopic (exact) mass is 452 g/mol. The molecule has 8 heteroatoms. The fourth-order valence-corrected chi connectivity index (χ4v) is 3.67. The Morgan fingerprint density at radius 1 is 1.09 bits per heavy atom. The van der Waals surface area contributed by atoms with Crippen molar-refractivity contribution in [3.05, 3.63) is 64.1 Å². The molecule has 2 aromatic carbocycles. The Bertz CT molecular complexity index is 1150. The van der Waals surface area contributed by atoms with Gasteiger partial charge in [0.1, 0.15) is 13.2 Å². The Morgan fingerprint density at radius 2 is 1.82 bits per heavy atom. The predicted octanol–water partition coefficient (Wildman–Crippen LogP) is 2.75. The summed E-state index contributed by atoms with van der Waals surface area (Å²) in [4.78, 5) is 27.4. The summed E-state index contributed by atoms with van der Waals surface area (Å²) in [6.07, 6.45) is 0. The number of nitrogens with one attached hydrogen (secondary N) is 1. The van der Waals surface area contributed by atoms with Gasteiger partial charge < -0.3 is 19.7 Å². The van der Waals surface area contributed by atoms with E-state index in [0.717, 1.165) is 30.6 Å². The summed E-state index contributed by atoms with van der Waals surface area (Å²) in [7, 11) is 1.59. The minimum Gasteiger partial charge on any atom is -0.493 e. The predicted molar refractivity (Wildman–Crippen MR) is 129 cm³/mol. The summed E-state index contributed by atoms with van der Waals surface area (Å²) in [5, 5.41) is 8.49. The molecule has 3 aromatic rings. The van der Waals surface area contributed by atoms with Crippen molar-refractivity contribution >= 4 is 16.7 Å². The molecule has 0 atom stereocenters. The van der Waals surface area contributed by atoms with Crippen molar-refractivity contribution in [2.75, 3.05) is 33.4 Å². The smallest absolute Gasteiger partial charge is 0.275 e. The highest BCUT2D eigenvalue weighted by Crippen LogP contribution is 2.28. The zero-order valence-corrected chi connectivity index (χ0v) is 19.8. The molecule has 0 saturated carbocycles. The van der Waals surface area contributed by atoms with Gasteiger partial charge in [-0.2, -0.15) is 5.10 Å². The van der Waals surface area contributed by atoms with E-state index in [9.17, 15) is 9.59 Å². The van der Waals surface area contributed by atoms with E-state index < -0.39 is 0 Å². The fourth-order valence-electron chi connectivity index (χ4n) is 3.67. The van der Waals surface area contributed by atoms with Crippen molar-refractivity contribution in [1.29, 1.82) is 0 Å². The zero-order chi connectivity index (χ0) is 23.8. The van der Waals surface area contributed by atoms with Gasteiger partial charge in [-0.1, -0.05) is 38.1 Å². The molecule has 0 radical (unpaired) electrons. The molecule has 1 heterocycles. The van der Waals surface area contributed by atoms with Crippen LogP contribution in [0.15, 0.2) is 47.3 Å². The summed E-state index contributed by atoms with van der Waals surface area (Å²) in [6, 6.07) is 12.9. The molecule has 176 valence electrons. The van der Waals surface area contributed by atoms with E-state index in [0.29, 0.717) is 35.7 Å². The van der Waals surface area contributed by atoms with Gasteiger partial charge in [-0.3, -0.25) is 9.59 Å². The summed E-state index contributed by atoms with van der Waals surface area (Å²) < 4.78 is 12.6. The van der Waals surface area contributed by atoms with Crippen LogP contribution in [0.25, 0.3) is 10.8 Å². The molecule has 0 unspecified atom stereocenters. The highest BCUT2D eigenvalue weighted by Gasteiger charge is 2.12. The molecule has 8 nitrogen and oxygen atoms in total. The van der Waals surface area contributed by atoms with Gasteiger partial charge in [0.05, 0.1) is 18.2 Å². The van der Waals surface area contributed by atoms with Crippen LogP contribution in [0.1, 0.15) is 25.1 Å². The number of hydrogen-bond donors (Lipinski definition) is 1. The molecule has 0 saturated heterocycles. The number of benzene rings is 2. The topological polar surface area (TPSA) is 85.7 Å². The van der Waals surface area contributed by atoms with Crippen LogP contribution < -0.4 is 20.3 Å². The van der Waals surface area contributed by atoms with E-state index >= 15 is 0 Å². The number of aryl methyl sites for hydroxylation is 1. The lowest BCUT2D eigenvalue weighted by molar-refractivity contribution is -0.122. The summed E-state index contributed by atoms with van der Waals surface area (Å²) in [5.41, 5.74) is 1.30. The van der Waals surface area contributed by atoms with Gasteiger partial charge in [-0.25, -0.2) is 4.68 Å². The summed E-state index contributed by atoms with van der Waals surface area (Å²) >= 11 is 0. The minimum atomic E-state index is -0.294. The maximum Gasteiger partial charge on any atom is 0.275 e. The Kier molecular flexibility index (Phi) is 8.43. The molecule has 0 aliphatic heterocycles. The first-order valence-corrected chi connectivity index (χ1v) is 11.2. The van der Waals surface area contributed by atoms with E-state index in [2.05, 4.69) is 29.2 Å². The normalized spacial score (nSPS) is 11.1. The van der Waals surface area contributed by atoms with Crippen molar-refractivity contribution in [3.63, 3.8) is 0 Å². The van der Waals surface area contributed by atoms with Crippen LogP contribution in [0.3, 0.4) is 0 Å². The van der Waals surface area contributed by atoms with Gasteiger partial charge in [0, 0.05) is 18.5 Å². The molecule has 0 spiro atoms. The number of methoxy groups -OCH3 is 1. The van der Waals surface area contributed by atoms with Gasteiger partial charge in [0.25, 0.3) is 5.56 Å². The quantitative estimate of drug-likeness (QED) is 0.482. The van der Waals surface area contributed by atoms with Crippen molar-refractivity contribution in [3.8, 4) is 11.5 Å². The molecule has 0 aliphatic rings. The fraction of sp³-hybridized carbons (Fsp3) is 0.400. The van der Waals surface area contributed by atoms with E-state index in [1.54, 1.807) is 19.2 Å². The number of carbonyl (C=O) groups excluding carboxylic acids is 1. The van der Waals surface area contributed by atoms with E-state index in [1.807, 2.05) is 37.3 Å². The molecule has 0 bridgehead atoms. The third kappa shape index (κ3) is 6.10. The zero-order valence-electron chi connectivity index (χ0n) is 19.8. The maximum absolute atomic E-state index is 12.7. The van der Waals surface area contributed by atoms with Crippen LogP contribution in [0.5, 0.6) is 11.5 Å². The first kappa shape index (κ1) is 24.3. The number of amides is 1. The third-order valence-corrected chi connectivity index (χ3v) is 5.62. The molecule has 3 rings (SSSR count). The van der Waals surface area contributed by atoms with Crippen LogP contribution in [0, 0.1) is 6.92 Å². The molecule has 0 fully saturated rings. The number of nitrogens with zero attached hydrogens (tertiary/aromatic N) is 3. The Hall–Kier alpha value is -3.39. The van der Waals surface area contributed by atoms with Crippen LogP contribution in [-0.2, 0) is 17.9 Å². The second-order valence-electron chi connectivity index (χ2n) is 7.73. The molecule has 1 amide bonds. The number of rotatable bonds is 11.